The van der Waals surface area contributed by atoms with E-state index in [0.29, 0.717) is 0 Å². The lowest BCUT2D eigenvalue weighted by Gasteiger charge is -2.09. The van der Waals surface area contributed by atoms with Gasteiger partial charge in [-0.05, 0) is 49.4 Å². The molecule has 0 radical (unpaired) electrons. The third-order valence-corrected chi connectivity index (χ3v) is 4.17. The van der Waals surface area contributed by atoms with Gasteiger partial charge >= 0.3 is 0 Å². The number of fused-ring (bicyclic) bond motifs is 1. The Kier molecular flexibility index (Phi) is 3.53. The summed E-state index contributed by atoms with van der Waals surface area (Å²) in [5.74, 6) is 1.02. The number of hydrogen-bond acceptors (Lipinski definition) is 2. The number of imidazole rings is 1. The molecule has 20 heavy (non-hydrogen) atoms. The van der Waals surface area contributed by atoms with E-state index in [-0.39, 0.29) is 0 Å². The molecule has 0 aliphatic carbocycles. The average molecular weight is 282 g/mol. The zero-order chi connectivity index (χ0) is 14.1. The molecule has 0 spiro atoms. The Bertz CT molecular complexity index is 742. The molecule has 0 aliphatic rings. The van der Waals surface area contributed by atoms with Crippen LogP contribution in [0.1, 0.15) is 18.1 Å². The third kappa shape index (κ3) is 2.34. The van der Waals surface area contributed by atoms with Gasteiger partial charge < -0.3 is 0 Å². The van der Waals surface area contributed by atoms with Crippen LogP contribution in [0.4, 0.5) is 0 Å². The molecule has 2 aromatic carbocycles. The van der Waals surface area contributed by atoms with E-state index in [0.717, 1.165) is 16.4 Å². The fraction of sp³-hybridized carbons (Fsp3) is 0.235. The summed E-state index contributed by atoms with van der Waals surface area (Å²) >= 11 is 1.78. The van der Waals surface area contributed by atoms with Crippen LogP contribution in [0, 0.1) is 13.8 Å². The van der Waals surface area contributed by atoms with Crippen molar-refractivity contribution in [2.75, 3.05) is 5.75 Å². The average Bonchev–Trinajstić information content (AvgIpc) is 2.78. The zero-order valence-corrected chi connectivity index (χ0v) is 12.9. The number of nitrogens with zero attached hydrogens (tertiary/aromatic N) is 2. The highest BCUT2D eigenvalue weighted by molar-refractivity contribution is 7.99. The van der Waals surface area contributed by atoms with Crippen LogP contribution in [0.25, 0.3) is 16.7 Å². The molecule has 2 nitrogen and oxygen atoms in total. The number of benzene rings is 2. The lowest BCUT2D eigenvalue weighted by molar-refractivity contribution is 0.919. The zero-order valence-electron chi connectivity index (χ0n) is 12.1. The van der Waals surface area contributed by atoms with Crippen molar-refractivity contribution < 1.29 is 0 Å². The molecule has 0 aliphatic heterocycles. The first-order chi connectivity index (χ1) is 9.69. The van der Waals surface area contributed by atoms with Crippen LogP contribution in [0.3, 0.4) is 0 Å². The fourth-order valence-electron chi connectivity index (χ4n) is 2.33. The fourth-order valence-corrected chi connectivity index (χ4v) is 3.09. The second kappa shape index (κ2) is 5.33. The van der Waals surface area contributed by atoms with Crippen LogP contribution >= 0.6 is 11.8 Å². The minimum atomic E-state index is 1.02. The van der Waals surface area contributed by atoms with Crippen LogP contribution < -0.4 is 0 Å². The summed E-state index contributed by atoms with van der Waals surface area (Å²) in [6, 6.07) is 15.1. The molecule has 0 fully saturated rings. The molecular formula is C17H18N2S. The first kappa shape index (κ1) is 13.3. The monoisotopic (exact) mass is 282 g/mol. The SMILES string of the molecule is CCSc1nc2ccc(C)cc2n1-c1ccc(C)cc1. The van der Waals surface area contributed by atoms with Crippen molar-refractivity contribution >= 4 is 22.8 Å². The molecule has 0 unspecified atom stereocenters. The largest absolute Gasteiger partial charge is 0.287 e. The lowest BCUT2D eigenvalue weighted by atomic mass is 10.2. The van der Waals surface area contributed by atoms with Crippen molar-refractivity contribution in [3.05, 3.63) is 53.6 Å². The van der Waals surface area contributed by atoms with Crippen molar-refractivity contribution in [1.29, 1.82) is 0 Å². The highest BCUT2D eigenvalue weighted by Crippen LogP contribution is 2.28. The summed E-state index contributed by atoms with van der Waals surface area (Å²) in [7, 11) is 0. The highest BCUT2D eigenvalue weighted by atomic mass is 32.2. The van der Waals surface area contributed by atoms with Gasteiger partial charge in [0, 0.05) is 5.69 Å². The van der Waals surface area contributed by atoms with Crippen molar-refractivity contribution in [1.82, 2.24) is 9.55 Å². The standard InChI is InChI=1S/C17H18N2S/c1-4-20-17-18-15-10-7-13(3)11-16(15)19(17)14-8-5-12(2)6-9-14/h5-11H,4H2,1-3H3. The van der Waals surface area contributed by atoms with Gasteiger partial charge in [0.05, 0.1) is 11.0 Å². The van der Waals surface area contributed by atoms with Crippen LogP contribution in [0.15, 0.2) is 47.6 Å². The van der Waals surface area contributed by atoms with E-state index in [4.69, 9.17) is 4.98 Å². The maximum Gasteiger partial charge on any atom is 0.173 e. The molecular weight excluding hydrogens is 264 g/mol. The summed E-state index contributed by atoms with van der Waals surface area (Å²) in [4.78, 5) is 4.77. The molecule has 0 atom stereocenters. The van der Waals surface area contributed by atoms with E-state index in [1.807, 2.05) is 0 Å². The van der Waals surface area contributed by atoms with Gasteiger partial charge in [0.15, 0.2) is 5.16 Å². The van der Waals surface area contributed by atoms with Crippen molar-refractivity contribution in [2.45, 2.75) is 25.9 Å². The molecule has 0 N–H and O–H groups in total. The number of hydrogen-bond donors (Lipinski definition) is 0. The molecule has 3 heteroatoms. The van der Waals surface area contributed by atoms with E-state index in [1.54, 1.807) is 11.8 Å². The maximum absolute atomic E-state index is 4.77. The minimum absolute atomic E-state index is 1.02. The second-order valence-electron chi connectivity index (χ2n) is 4.99. The molecule has 0 amide bonds. The van der Waals surface area contributed by atoms with Gasteiger partial charge in [-0.25, -0.2) is 4.98 Å². The van der Waals surface area contributed by atoms with Gasteiger partial charge in [0.25, 0.3) is 0 Å². The minimum Gasteiger partial charge on any atom is -0.287 e. The number of aromatic nitrogens is 2. The Hall–Kier alpha value is -1.74. The van der Waals surface area contributed by atoms with Gasteiger partial charge in [0.2, 0.25) is 0 Å². The van der Waals surface area contributed by atoms with Gasteiger partial charge in [0.1, 0.15) is 0 Å². The van der Waals surface area contributed by atoms with Gasteiger partial charge in [-0.2, -0.15) is 0 Å². The lowest BCUT2D eigenvalue weighted by Crippen LogP contribution is -1.96. The second-order valence-corrected chi connectivity index (χ2v) is 6.22. The van der Waals surface area contributed by atoms with Crippen molar-refractivity contribution in [3.8, 4) is 5.69 Å². The summed E-state index contributed by atoms with van der Waals surface area (Å²) < 4.78 is 2.26. The molecule has 0 saturated carbocycles. The Morgan fingerprint density at radius 2 is 1.70 bits per heavy atom. The summed E-state index contributed by atoms with van der Waals surface area (Å²) in [5, 5.41) is 1.07. The Morgan fingerprint density at radius 3 is 2.40 bits per heavy atom. The molecule has 1 heterocycles. The van der Waals surface area contributed by atoms with Crippen LogP contribution in [-0.4, -0.2) is 15.3 Å². The Morgan fingerprint density at radius 1 is 1.00 bits per heavy atom. The van der Waals surface area contributed by atoms with E-state index >= 15 is 0 Å². The topological polar surface area (TPSA) is 17.8 Å². The first-order valence-electron chi connectivity index (χ1n) is 6.88. The normalized spacial score (nSPS) is 11.2. The van der Waals surface area contributed by atoms with Crippen LogP contribution in [-0.2, 0) is 0 Å². The predicted molar refractivity (Wildman–Crippen MR) is 86.9 cm³/mol. The van der Waals surface area contributed by atoms with Crippen molar-refractivity contribution in [3.63, 3.8) is 0 Å². The smallest absolute Gasteiger partial charge is 0.173 e. The van der Waals surface area contributed by atoms with Crippen molar-refractivity contribution in [2.24, 2.45) is 0 Å². The van der Waals surface area contributed by atoms with Gasteiger partial charge in [-0.1, -0.05) is 42.4 Å². The van der Waals surface area contributed by atoms with Gasteiger partial charge in [-0.3, -0.25) is 4.57 Å². The molecule has 1 aromatic heterocycles. The summed E-state index contributed by atoms with van der Waals surface area (Å²) in [6.07, 6.45) is 0. The summed E-state index contributed by atoms with van der Waals surface area (Å²) in [6.45, 7) is 6.40. The maximum atomic E-state index is 4.77. The third-order valence-electron chi connectivity index (χ3n) is 3.34. The van der Waals surface area contributed by atoms with Gasteiger partial charge in [-0.15, -0.1) is 0 Å². The highest BCUT2D eigenvalue weighted by Gasteiger charge is 2.12. The molecule has 102 valence electrons. The Balaban J connectivity index is 2.27. The van der Waals surface area contributed by atoms with E-state index in [1.165, 1.54) is 22.3 Å². The summed E-state index contributed by atoms with van der Waals surface area (Å²) in [5.41, 5.74) is 5.97. The molecule has 0 bridgehead atoms. The molecule has 0 saturated heterocycles. The molecule has 3 rings (SSSR count). The first-order valence-corrected chi connectivity index (χ1v) is 7.86. The number of rotatable bonds is 3. The number of aryl methyl sites for hydroxylation is 2. The van der Waals surface area contributed by atoms with Crippen LogP contribution in [0.5, 0.6) is 0 Å². The van der Waals surface area contributed by atoms with E-state index < -0.39 is 0 Å². The van der Waals surface area contributed by atoms with Crippen LogP contribution in [0.2, 0.25) is 0 Å². The number of thioether (sulfide) groups is 1. The van der Waals surface area contributed by atoms with E-state index in [9.17, 15) is 0 Å². The molecule has 3 aromatic rings. The van der Waals surface area contributed by atoms with E-state index in [2.05, 4.69) is 67.8 Å². The quantitative estimate of drug-likeness (QED) is 0.645. The Labute approximate surface area is 123 Å². The predicted octanol–water partition coefficient (Wildman–Crippen LogP) is 4.75.